The highest BCUT2D eigenvalue weighted by Crippen LogP contribution is 2.29. The molecule has 1 unspecified atom stereocenters. The molecule has 0 bridgehead atoms. The van der Waals surface area contributed by atoms with Crippen molar-refractivity contribution < 1.29 is 9.53 Å². The predicted molar refractivity (Wildman–Crippen MR) is 93.2 cm³/mol. The lowest BCUT2D eigenvalue weighted by Gasteiger charge is -2.18. The van der Waals surface area contributed by atoms with Crippen LogP contribution in [0.15, 0.2) is 16.9 Å². The molecule has 132 valence electrons. The minimum atomic E-state index is -0.0625. The second-order valence-corrected chi connectivity index (χ2v) is 7.29. The second-order valence-electron chi connectivity index (χ2n) is 7.29. The zero-order chi connectivity index (χ0) is 17.1. The minimum Gasteiger partial charge on any atom is -0.488 e. The zero-order valence-corrected chi connectivity index (χ0v) is 14.8. The largest absolute Gasteiger partial charge is 0.488 e. The second kappa shape index (κ2) is 7.41. The number of ether oxygens (including phenoxy) is 1. The van der Waals surface area contributed by atoms with E-state index in [2.05, 4.69) is 0 Å². The zero-order valence-electron chi connectivity index (χ0n) is 14.8. The van der Waals surface area contributed by atoms with Gasteiger partial charge in [0.1, 0.15) is 11.9 Å². The number of amides is 1. The maximum Gasteiger partial charge on any atom is 0.254 e. The molecule has 1 aromatic rings. The van der Waals surface area contributed by atoms with Crippen LogP contribution in [0.2, 0.25) is 0 Å². The van der Waals surface area contributed by atoms with E-state index < -0.39 is 0 Å². The summed E-state index contributed by atoms with van der Waals surface area (Å²) in [5.41, 5.74) is 0.812. The molecule has 5 nitrogen and oxygen atoms in total. The number of likely N-dealkylation sites (tertiary alicyclic amines) is 1. The number of carbonyl (C=O) groups is 1. The number of nitrogens with zero attached hydrogens (tertiary/aromatic N) is 2. The van der Waals surface area contributed by atoms with Crippen molar-refractivity contribution >= 4 is 5.91 Å². The Morgan fingerprint density at radius 1 is 1.25 bits per heavy atom. The van der Waals surface area contributed by atoms with Crippen LogP contribution < -0.4 is 10.3 Å². The van der Waals surface area contributed by atoms with Crippen LogP contribution in [0.3, 0.4) is 0 Å². The van der Waals surface area contributed by atoms with Crippen molar-refractivity contribution in [3.8, 4) is 5.75 Å². The van der Waals surface area contributed by atoms with Gasteiger partial charge in [-0.1, -0.05) is 25.7 Å². The highest BCUT2D eigenvalue weighted by atomic mass is 16.5. The first-order chi connectivity index (χ1) is 11.5. The van der Waals surface area contributed by atoms with E-state index in [1.807, 2.05) is 17.9 Å². The molecule has 1 aromatic heterocycles. The summed E-state index contributed by atoms with van der Waals surface area (Å²) >= 11 is 0. The van der Waals surface area contributed by atoms with Gasteiger partial charge in [-0.2, -0.15) is 0 Å². The molecule has 1 atom stereocenters. The summed E-state index contributed by atoms with van der Waals surface area (Å²) in [6.07, 6.45) is 7.78. The molecule has 24 heavy (non-hydrogen) atoms. The average Bonchev–Trinajstić information content (AvgIpc) is 3.22. The summed E-state index contributed by atoms with van der Waals surface area (Å²) in [6.45, 7) is 3.29. The summed E-state index contributed by atoms with van der Waals surface area (Å²) in [7, 11) is 1.75. The summed E-state index contributed by atoms with van der Waals surface area (Å²) in [6, 6.07) is 3.41. The number of aromatic nitrogens is 1. The molecule has 5 heteroatoms. The van der Waals surface area contributed by atoms with Crippen LogP contribution in [0, 0.1) is 12.8 Å². The Balaban J connectivity index is 1.49. The van der Waals surface area contributed by atoms with Crippen molar-refractivity contribution in [1.82, 2.24) is 9.47 Å². The number of hydrogen-bond acceptors (Lipinski definition) is 3. The lowest BCUT2D eigenvalue weighted by Crippen LogP contribution is -2.31. The Kier molecular flexibility index (Phi) is 5.27. The molecule has 1 aliphatic heterocycles. The van der Waals surface area contributed by atoms with Gasteiger partial charge in [0.05, 0.1) is 6.54 Å². The number of aryl methyl sites for hydroxylation is 1. The molecule has 1 aliphatic carbocycles. The topological polar surface area (TPSA) is 51.5 Å². The quantitative estimate of drug-likeness (QED) is 0.833. The van der Waals surface area contributed by atoms with Crippen molar-refractivity contribution in [2.45, 2.75) is 58.0 Å². The van der Waals surface area contributed by atoms with Crippen molar-refractivity contribution in [2.24, 2.45) is 13.0 Å². The van der Waals surface area contributed by atoms with Crippen molar-refractivity contribution in [1.29, 1.82) is 0 Å². The van der Waals surface area contributed by atoms with E-state index in [0.717, 1.165) is 31.0 Å². The Bertz CT molecular complexity index is 647. The molecule has 0 radical (unpaired) electrons. The molecule has 2 heterocycles. The third kappa shape index (κ3) is 4.00. The number of hydrogen-bond donors (Lipinski definition) is 0. The van der Waals surface area contributed by atoms with Gasteiger partial charge in [-0.25, -0.2) is 0 Å². The van der Waals surface area contributed by atoms with E-state index >= 15 is 0 Å². The lowest BCUT2D eigenvalue weighted by molar-refractivity contribution is -0.130. The fourth-order valence-electron chi connectivity index (χ4n) is 3.83. The van der Waals surface area contributed by atoms with Gasteiger partial charge in [0.25, 0.3) is 5.56 Å². The minimum absolute atomic E-state index is 0.00747. The van der Waals surface area contributed by atoms with Gasteiger partial charge in [0.2, 0.25) is 5.91 Å². The Morgan fingerprint density at radius 2 is 2.00 bits per heavy atom. The van der Waals surface area contributed by atoms with E-state index in [4.69, 9.17) is 4.74 Å². The summed E-state index contributed by atoms with van der Waals surface area (Å²) in [5, 5.41) is 0. The molecule has 3 rings (SSSR count). The van der Waals surface area contributed by atoms with Crippen LogP contribution in [-0.2, 0) is 11.8 Å². The standard InChI is InChI=1S/C19H28N2O3/c1-14-11-17(12-19(23)20(14)2)24-16-9-10-21(13-16)18(22)8-7-15-5-3-4-6-15/h11-12,15-16H,3-10,13H2,1-2H3. The fourth-order valence-corrected chi connectivity index (χ4v) is 3.83. The van der Waals surface area contributed by atoms with Crippen LogP contribution in [0.4, 0.5) is 0 Å². The van der Waals surface area contributed by atoms with Gasteiger partial charge in [-0.05, 0) is 25.3 Å². The predicted octanol–water partition coefficient (Wildman–Crippen LogP) is 2.64. The first-order valence-electron chi connectivity index (χ1n) is 9.15. The number of carbonyl (C=O) groups excluding carboxylic acids is 1. The molecule has 1 saturated carbocycles. The highest BCUT2D eigenvalue weighted by molar-refractivity contribution is 5.76. The molecule has 1 saturated heterocycles. The van der Waals surface area contributed by atoms with Gasteiger partial charge in [-0.15, -0.1) is 0 Å². The molecular weight excluding hydrogens is 304 g/mol. The Hall–Kier alpha value is -1.78. The maximum absolute atomic E-state index is 12.4. The van der Waals surface area contributed by atoms with Crippen LogP contribution in [0.1, 0.15) is 50.6 Å². The van der Waals surface area contributed by atoms with Crippen LogP contribution in [-0.4, -0.2) is 34.6 Å². The summed E-state index contributed by atoms with van der Waals surface area (Å²) in [4.78, 5) is 26.1. The fraction of sp³-hybridized carbons (Fsp3) is 0.684. The van der Waals surface area contributed by atoms with Crippen molar-refractivity contribution in [3.05, 3.63) is 28.2 Å². The Labute approximate surface area is 143 Å². The van der Waals surface area contributed by atoms with Gasteiger partial charge in [0.15, 0.2) is 0 Å². The SMILES string of the molecule is Cc1cc(OC2CCN(C(=O)CCC3CCCC3)C2)cc(=O)n1C. The van der Waals surface area contributed by atoms with Crippen LogP contribution in [0.5, 0.6) is 5.75 Å². The first kappa shape index (κ1) is 17.1. The lowest BCUT2D eigenvalue weighted by atomic mass is 10.0. The number of rotatable bonds is 5. The average molecular weight is 332 g/mol. The van der Waals surface area contributed by atoms with Gasteiger partial charge in [0, 0.05) is 38.2 Å². The van der Waals surface area contributed by atoms with Crippen LogP contribution >= 0.6 is 0 Å². The smallest absolute Gasteiger partial charge is 0.254 e. The van der Waals surface area contributed by atoms with Gasteiger partial charge < -0.3 is 14.2 Å². The Morgan fingerprint density at radius 3 is 2.71 bits per heavy atom. The molecule has 0 spiro atoms. The van der Waals surface area contributed by atoms with E-state index in [-0.39, 0.29) is 17.6 Å². The van der Waals surface area contributed by atoms with Gasteiger partial charge in [-0.3, -0.25) is 9.59 Å². The van der Waals surface area contributed by atoms with Crippen LogP contribution in [0.25, 0.3) is 0 Å². The third-order valence-corrected chi connectivity index (χ3v) is 5.52. The normalized spacial score (nSPS) is 21.4. The van der Waals surface area contributed by atoms with E-state index in [9.17, 15) is 9.59 Å². The summed E-state index contributed by atoms with van der Waals surface area (Å²) in [5.74, 6) is 1.63. The van der Waals surface area contributed by atoms with Crippen molar-refractivity contribution in [2.75, 3.05) is 13.1 Å². The third-order valence-electron chi connectivity index (χ3n) is 5.52. The number of pyridine rings is 1. The molecule has 0 aromatic carbocycles. The highest BCUT2D eigenvalue weighted by Gasteiger charge is 2.28. The van der Waals surface area contributed by atoms with Crippen molar-refractivity contribution in [3.63, 3.8) is 0 Å². The molecular formula is C19H28N2O3. The molecule has 2 fully saturated rings. The molecule has 1 amide bonds. The first-order valence-corrected chi connectivity index (χ1v) is 9.15. The summed E-state index contributed by atoms with van der Waals surface area (Å²) < 4.78 is 7.54. The van der Waals surface area contributed by atoms with E-state index in [1.165, 1.54) is 31.7 Å². The molecule has 2 aliphatic rings. The van der Waals surface area contributed by atoms with Gasteiger partial charge >= 0.3 is 0 Å². The monoisotopic (exact) mass is 332 g/mol. The van der Waals surface area contributed by atoms with E-state index in [0.29, 0.717) is 18.7 Å². The maximum atomic E-state index is 12.4. The molecule has 0 N–H and O–H groups in total. The van der Waals surface area contributed by atoms with E-state index in [1.54, 1.807) is 11.6 Å².